The monoisotopic (exact) mass is 224 g/mol. The van der Waals surface area contributed by atoms with Gasteiger partial charge in [0.15, 0.2) is 0 Å². The summed E-state index contributed by atoms with van der Waals surface area (Å²) < 4.78 is 36.3. The molecule has 0 aliphatic carbocycles. The Morgan fingerprint density at radius 3 is 2.67 bits per heavy atom. The second-order valence-corrected chi connectivity index (χ2v) is 3.79. The molecule has 15 heavy (non-hydrogen) atoms. The summed E-state index contributed by atoms with van der Waals surface area (Å²) in [4.78, 5) is 11.1. The van der Waals surface area contributed by atoms with Crippen LogP contribution in [0.1, 0.15) is 20.3 Å². The predicted molar refractivity (Wildman–Crippen MR) is 46.3 cm³/mol. The number of alkyl halides is 2. The summed E-state index contributed by atoms with van der Waals surface area (Å²) in [6.45, 7) is 1.58. The maximum atomic E-state index is 13.9. The van der Waals surface area contributed by atoms with Gasteiger partial charge in [-0.3, -0.25) is 4.79 Å². The summed E-state index contributed by atoms with van der Waals surface area (Å²) >= 11 is 0. The Morgan fingerprint density at radius 2 is 2.20 bits per heavy atom. The number of ether oxygens (including phenoxy) is 2. The van der Waals surface area contributed by atoms with Crippen LogP contribution in [0, 0.1) is 5.92 Å². The first-order chi connectivity index (χ1) is 6.84. The van der Waals surface area contributed by atoms with Crippen molar-refractivity contribution >= 4 is 5.97 Å². The lowest BCUT2D eigenvalue weighted by Gasteiger charge is -2.30. The number of esters is 1. The number of rotatable bonds is 3. The van der Waals surface area contributed by atoms with E-state index >= 15 is 0 Å². The van der Waals surface area contributed by atoms with Gasteiger partial charge in [-0.25, -0.2) is 4.39 Å². The molecule has 0 saturated carbocycles. The third kappa shape index (κ3) is 2.10. The molecular weight excluding hydrogens is 210 g/mol. The van der Waals surface area contributed by atoms with Gasteiger partial charge in [-0.2, -0.15) is 4.39 Å². The van der Waals surface area contributed by atoms with Gasteiger partial charge in [0, 0.05) is 6.42 Å². The molecule has 0 radical (unpaired) electrons. The fourth-order valence-electron chi connectivity index (χ4n) is 1.21. The van der Waals surface area contributed by atoms with Crippen LogP contribution >= 0.6 is 0 Å². The molecule has 0 aromatic carbocycles. The molecule has 6 heteroatoms. The number of halogens is 2. The van der Waals surface area contributed by atoms with E-state index < -0.39 is 36.6 Å². The van der Waals surface area contributed by atoms with Gasteiger partial charge >= 0.3 is 17.7 Å². The van der Waals surface area contributed by atoms with Gasteiger partial charge in [0.25, 0.3) is 0 Å². The van der Waals surface area contributed by atoms with Crippen molar-refractivity contribution in [3.8, 4) is 0 Å². The number of carbonyl (C=O) groups is 1. The highest BCUT2D eigenvalue weighted by Crippen LogP contribution is 2.41. The lowest BCUT2D eigenvalue weighted by atomic mass is 10.1. The van der Waals surface area contributed by atoms with Gasteiger partial charge in [0.05, 0.1) is 12.5 Å². The van der Waals surface area contributed by atoms with Crippen LogP contribution in [0.2, 0.25) is 0 Å². The number of aliphatic hydroxyl groups is 1. The van der Waals surface area contributed by atoms with Crippen molar-refractivity contribution in [2.24, 2.45) is 5.92 Å². The molecule has 4 nitrogen and oxygen atoms in total. The van der Waals surface area contributed by atoms with Crippen LogP contribution in [0.5, 0.6) is 0 Å². The summed E-state index contributed by atoms with van der Waals surface area (Å²) in [5, 5.41) is 8.68. The molecule has 1 rings (SSSR count). The van der Waals surface area contributed by atoms with Crippen LogP contribution in [0.25, 0.3) is 0 Å². The van der Waals surface area contributed by atoms with Crippen molar-refractivity contribution in [3.63, 3.8) is 0 Å². The standard InChI is InChI=1S/C9H14F2O4/c1-6(2)7(13)15-8(10)3-4-14-9(8,11)5-12/h6,12H,3-5H2,1-2H3. The van der Waals surface area contributed by atoms with Gasteiger partial charge < -0.3 is 14.6 Å². The van der Waals surface area contributed by atoms with Crippen LogP contribution in [0.3, 0.4) is 0 Å². The maximum Gasteiger partial charge on any atom is 0.313 e. The van der Waals surface area contributed by atoms with Crippen LogP contribution in [-0.2, 0) is 14.3 Å². The van der Waals surface area contributed by atoms with Gasteiger partial charge in [0.2, 0.25) is 0 Å². The van der Waals surface area contributed by atoms with Crippen LogP contribution < -0.4 is 0 Å². The van der Waals surface area contributed by atoms with Crippen molar-refractivity contribution in [2.75, 3.05) is 13.2 Å². The molecule has 0 spiro atoms. The lowest BCUT2D eigenvalue weighted by Crippen LogP contribution is -2.50. The third-order valence-corrected chi connectivity index (χ3v) is 2.25. The molecule has 1 aliphatic heterocycles. The van der Waals surface area contributed by atoms with Crippen LogP contribution in [0.15, 0.2) is 0 Å². The van der Waals surface area contributed by atoms with Crippen molar-refractivity contribution in [2.45, 2.75) is 32.0 Å². The number of hydrogen-bond acceptors (Lipinski definition) is 4. The summed E-state index contributed by atoms with van der Waals surface area (Å²) in [5.74, 6) is -7.26. The molecule has 2 unspecified atom stereocenters. The summed E-state index contributed by atoms with van der Waals surface area (Å²) in [6.07, 6.45) is -0.414. The minimum atomic E-state index is -2.95. The van der Waals surface area contributed by atoms with E-state index in [0.29, 0.717) is 0 Å². The first-order valence-electron chi connectivity index (χ1n) is 4.70. The average molecular weight is 224 g/mol. The van der Waals surface area contributed by atoms with Crippen LogP contribution in [0.4, 0.5) is 8.78 Å². The van der Waals surface area contributed by atoms with Gasteiger partial charge in [-0.1, -0.05) is 13.8 Å². The topological polar surface area (TPSA) is 55.8 Å². The van der Waals surface area contributed by atoms with E-state index in [1.165, 1.54) is 13.8 Å². The largest absolute Gasteiger partial charge is 0.422 e. The number of aliphatic hydroxyl groups excluding tert-OH is 1. The van der Waals surface area contributed by atoms with Gasteiger partial charge in [0.1, 0.15) is 6.61 Å². The summed E-state index contributed by atoms with van der Waals surface area (Å²) in [7, 11) is 0. The highest BCUT2D eigenvalue weighted by Gasteiger charge is 2.62. The van der Waals surface area contributed by atoms with Crippen molar-refractivity contribution < 1.29 is 28.2 Å². The second kappa shape index (κ2) is 4.02. The average Bonchev–Trinajstić information content (AvgIpc) is 2.43. The highest BCUT2D eigenvalue weighted by atomic mass is 19.2. The van der Waals surface area contributed by atoms with E-state index in [2.05, 4.69) is 9.47 Å². The van der Waals surface area contributed by atoms with E-state index in [9.17, 15) is 13.6 Å². The minimum Gasteiger partial charge on any atom is -0.422 e. The fourth-order valence-corrected chi connectivity index (χ4v) is 1.21. The highest BCUT2D eigenvalue weighted by molar-refractivity contribution is 5.72. The van der Waals surface area contributed by atoms with E-state index in [1.807, 2.05) is 0 Å². The first-order valence-corrected chi connectivity index (χ1v) is 4.70. The SMILES string of the molecule is CC(C)C(=O)OC1(F)CCOC1(F)CO. The Bertz CT molecular complexity index is 258. The number of hydrogen-bond donors (Lipinski definition) is 1. The zero-order valence-electron chi connectivity index (χ0n) is 8.63. The third-order valence-electron chi connectivity index (χ3n) is 2.25. The predicted octanol–water partition coefficient (Wildman–Crippen LogP) is 0.930. The molecule has 2 atom stereocenters. The van der Waals surface area contributed by atoms with Crippen molar-refractivity contribution in [1.29, 1.82) is 0 Å². The quantitative estimate of drug-likeness (QED) is 0.724. The Balaban J connectivity index is 2.77. The van der Waals surface area contributed by atoms with E-state index in [0.717, 1.165) is 0 Å². The van der Waals surface area contributed by atoms with Gasteiger partial charge in [-0.15, -0.1) is 0 Å². The lowest BCUT2D eigenvalue weighted by molar-refractivity contribution is -0.283. The Kier molecular flexibility index (Phi) is 3.30. The smallest absolute Gasteiger partial charge is 0.313 e. The Hall–Kier alpha value is -0.750. The van der Waals surface area contributed by atoms with E-state index in [1.54, 1.807) is 0 Å². The molecule has 0 bridgehead atoms. The molecule has 0 aromatic heterocycles. The maximum absolute atomic E-state index is 13.9. The molecule has 0 aromatic rings. The Morgan fingerprint density at radius 1 is 1.60 bits per heavy atom. The zero-order chi connectivity index (χ0) is 11.7. The molecule has 1 fully saturated rings. The van der Waals surface area contributed by atoms with Crippen molar-refractivity contribution in [3.05, 3.63) is 0 Å². The van der Waals surface area contributed by atoms with Crippen molar-refractivity contribution in [1.82, 2.24) is 0 Å². The van der Waals surface area contributed by atoms with Gasteiger partial charge in [-0.05, 0) is 0 Å². The molecule has 1 aliphatic rings. The van der Waals surface area contributed by atoms with E-state index in [-0.39, 0.29) is 6.61 Å². The Labute approximate surface area is 86.2 Å². The summed E-state index contributed by atoms with van der Waals surface area (Å²) in [5.41, 5.74) is 0. The fraction of sp³-hybridized carbons (Fsp3) is 0.889. The molecule has 1 heterocycles. The molecular formula is C9H14F2O4. The number of carbonyl (C=O) groups excluding carboxylic acids is 1. The normalized spacial score (nSPS) is 35.9. The second-order valence-electron chi connectivity index (χ2n) is 3.79. The van der Waals surface area contributed by atoms with E-state index in [4.69, 9.17) is 5.11 Å². The summed E-state index contributed by atoms with van der Waals surface area (Å²) in [6, 6.07) is 0. The first kappa shape index (κ1) is 12.3. The molecule has 1 N–H and O–H groups in total. The van der Waals surface area contributed by atoms with Crippen LogP contribution in [-0.4, -0.2) is 36.0 Å². The minimum absolute atomic E-state index is 0.237. The molecule has 88 valence electrons. The molecule has 1 saturated heterocycles. The molecule has 0 amide bonds. The zero-order valence-corrected chi connectivity index (χ0v) is 8.63.